The predicted octanol–water partition coefficient (Wildman–Crippen LogP) is -0.441. The molecular formula is C17H23N4O2+. The third-order valence-electron chi connectivity index (χ3n) is 4.59. The van der Waals surface area contributed by atoms with E-state index in [9.17, 15) is 9.59 Å². The Bertz CT molecular complexity index is 769. The molecule has 0 unspecified atom stereocenters. The molecule has 3 rings (SSSR count). The average Bonchev–Trinajstić information content (AvgIpc) is 2.56. The van der Waals surface area contributed by atoms with Crippen molar-refractivity contribution < 1.29 is 4.90 Å². The quantitative estimate of drug-likeness (QED) is 0.807. The maximum atomic E-state index is 12.5. The molecule has 0 atom stereocenters. The van der Waals surface area contributed by atoms with Gasteiger partial charge in [0.1, 0.15) is 5.82 Å². The van der Waals surface area contributed by atoms with E-state index in [1.807, 2.05) is 25.1 Å². The molecule has 2 N–H and O–H groups in total. The molecule has 2 aromatic rings. The number of likely N-dealkylation sites (N-methyl/N-ethyl adjacent to an activating group) is 1. The van der Waals surface area contributed by atoms with E-state index in [2.05, 4.69) is 16.8 Å². The first kappa shape index (κ1) is 15.6. The van der Waals surface area contributed by atoms with Gasteiger partial charge in [0.15, 0.2) is 0 Å². The SMILES string of the molecule is CC[NH+]1CCN(c2cc(=O)n(-c3ccccc3C)c(=O)[nH]2)CC1. The van der Waals surface area contributed by atoms with Crippen molar-refractivity contribution in [3.05, 3.63) is 56.7 Å². The maximum Gasteiger partial charge on any atom is 0.334 e. The zero-order valence-electron chi connectivity index (χ0n) is 13.6. The molecule has 0 bridgehead atoms. The van der Waals surface area contributed by atoms with E-state index in [1.165, 1.54) is 10.6 Å². The molecule has 1 aromatic carbocycles. The van der Waals surface area contributed by atoms with Gasteiger partial charge in [-0.3, -0.25) is 9.78 Å². The summed E-state index contributed by atoms with van der Waals surface area (Å²) in [7, 11) is 0. The molecule has 23 heavy (non-hydrogen) atoms. The lowest BCUT2D eigenvalue weighted by molar-refractivity contribution is -0.898. The van der Waals surface area contributed by atoms with Gasteiger partial charge < -0.3 is 9.80 Å². The van der Waals surface area contributed by atoms with Gasteiger partial charge in [0.05, 0.1) is 38.4 Å². The Kier molecular flexibility index (Phi) is 4.34. The van der Waals surface area contributed by atoms with Gasteiger partial charge in [-0.15, -0.1) is 0 Å². The van der Waals surface area contributed by atoms with Crippen LogP contribution in [0.2, 0.25) is 0 Å². The highest BCUT2D eigenvalue weighted by atomic mass is 16.2. The van der Waals surface area contributed by atoms with Crippen LogP contribution in [0.5, 0.6) is 0 Å². The number of piperazine rings is 1. The first-order valence-electron chi connectivity index (χ1n) is 8.11. The number of rotatable bonds is 3. The predicted molar refractivity (Wildman–Crippen MR) is 90.8 cm³/mol. The molecule has 0 spiro atoms. The standard InChI is InChI=1S/C17H22N4O2/c1-3-19-8-10-20(11-9-19)15-12-16(22)21(17(23)18-15)14-7-5-4-6-13(14)2/h4-7,12H,3,8-11H2,1-2H3,(H,18,23)/p+1. The zero-order valence-corrected chi connectivity index (χ0v) is 13.6. The van der Waals surface area contributed by atoms with Crippen molar-refractivity contribution in [3.8, 4) is 5.69 Å². The Morgan fingerprint density at radius 2 is 1.87 bits per heavy atom. The molecule has 6 heteroatoms. The third kappa shape index (κ3) is 3.07. The zero-order chi connectivity index (χ0) is 16.4. The largest absolute Gasteiger partial charge is 0.347 e. The van der Waals surface area contributed by atoms with E-state index in [0.717, 1.165) is 38.3 Å². The molecule has 1 saturated heterocycles. The highest BCUT2D eigenvalue weighted by Gasteiger charge is 2.20. The third-order valence-corrected chi connectivity index (χ3v) is 4.59. The van der Waals surface area contributed by atoms with Crippen LogP contribution in [-0.4, -0.2) is 42.3 Å². The van der Waals surface area contributed by atoms with Gasteiger partial charge in [0, 0.05) is 6.07 Å². The highest BCUT2D eigenvalue weighted by molar-refractivity contribution is 5.43. The second-order valence-electron chi connectivity index (χ2n) is 6.01. The Labute approximate surface area is 135 Å². The number of aromatic amines is 1. The monoisotopic (exact) mass is 315 g/mol. The summed E-state index contributed by atoms with van der Waals surface area (Å²) in [5.74, 6) is 0.625. The number of quaternary nitrogens is 1. The van der Waals surface area contributed by atoms with Gasteiger partial charge in [-0.25, -0.2) is 9.36 Å². The number of H-pyrrole nitrogens is 1. The molecule has 0 aliphatic carbocycles. The van der Waals surface area contributed by atoms with Crippen LogP contribution in [0.1, 0.15) is 12.5 Å². The van der Waals surface area contributed by atoms with E-state index in [4.69, 9.17) is 0 Å². The van der Waals surface area contributed by atoms with Gasteiger partial charge in [0.25, 0.3) is 5.56 Å². The van der Waals surface area contributed by atoms with Crippen LogP contribution in [0.25, 0.3) is 5.69 Å². The van der Waals surface area contributed by atoms with Crippen LogP contribution in [0.4, 0.5) is 5.82 Å². The fourth-order valence-corrected chi connectivity index (χ4v) is 3.11. The van der Waals surface area contributed by atoms with Crippen molar-refractivity contribution in [3.63, 3.8) is 0 Å². The highest BCUT2D eigenvalue weighted by Crippen LogP contribution is 2.10. The van der Waals surface area contributed by atoms with Crippen LogP contribution >= 0.6 is 0 Å². The van der Waals surface area contributed by atoms with Crippen molar-refractivity contribution in [2.24, 2.45) is 0 Å². The maximum absolute atomic E-state index is 12.5. The lowest BCUT2D eigenvalue weighted by atomic mass is 10.2. The molecule has 1 fully saturated rings. The topological polar surface area (TPSA) is 62.5 Å². The number of hydrogen-bond acceptors (Lipinski definition) is 3. The van der Waals surface area contributed by atoms with E-state index in [1.54, 1.807) is 11.0 Å². The van der Waals surface area contributed by atoms with E-state index >= 15 is 0 Å². The molecule has 6 nitrogen and oxygen atoms in total. The Morgan fingerprint density at radius 1 is 1.17 bits per heavy atom. The van der Waals surface area contributed by atoms with Crippen molar-refractivity contribution in [2.75, 3.05) is 37.6 Å². The van der Waals surface area contributed by atoms with Gasteiger partial charge in [0.2, 0.25) is 0 Å². The Balaban J connectivity index is 1.95. The number of nitrogens with one attached hydrogen (secondary N) is 2. The first-order valence-corrected chi connectivity index (χ1v) is 8.11. The lowest BCUT2D eigenvalue weighted by Crippen LogP contribution is -3.14. The van der Waals surface area contributed by atoms with E-state index < -0.39 is 0 Å². The second kappa shape index (κ2) is 6.42. The summed E-state index contributed by atoms with van der Waals surface area (Å²) in [4.78, 5) is 31.4. The number of benzene rings is 1. The number of para-hydroxylation sites is 1. The Morgan fingerprint density at radius 3 is 2.48 bits per heavy atom. The fraction of sp³-hybridized carbons (Fsp3) is 0.412. The van der Waals surface area contributed by atoms with Crippen molar-refractivity contribution in [1.82, 2.24) is 9.55 Å². The molecule has 1 aliphatic heterocycles. The second-order valence-corrected chi connectivity index (χ2v) is 6.01. The summed E-state index contributed by atoms with van der Waals surface area (Å²) in [6, 6.07) is 8.93. The summed E-state index contributed by atoms with van der Waals surface area (Å²) in [5.41, 5.74) is 0.856. The summed E-state index contributed by atoms with van der Waals surface area (Å²) in [6.07, 6.45) is 0. The molecule has 1 aliphatic rings. The van der Waals surface area contributed by atoms with Crippen molar-refractivity contribution in [2.45, 2.75) is 13.8 Å². The van der Waals surface area contributed by atoms with Crippen LogP contribution in [0.3, 0.4) is 0 Å². The van der Waals surface area contributed by atoms with Gasteiger partial charge in [-0.2, -0.15) is 0 Å². The number of anilines is 1. The molecule has 1 aromatic heterocycles. The number of hydrogen-bond donors (Lipinski definition) is 2. The first-order chi connectivity index (χ1) is 11.1. The normalized spacial score (nSPS) is 15.8. The molecule has 0 amide bonds. The summed E-state index contributed by atoms with van der Waals surface area (Å²) >= 11 is 0. The van der Waals surface area contributed by atoms with Crippen molar-refractivity contribution in [1.29, 1.82) is 0 Å². The minimum atomic E-state index is -0.382. The van der Waals surface area contributed by atoms with Gasteiger partial charge >= 0.3 is 5.69 Å². The smallest absolute Gasteiger partial charge is 0.334 e. The summed E-state index contributed by atoms with van der Waals surface area (Å²) < 4.78 is 1.20. The minimum Gasteiger partial charge on any atom is -0.347 e. The van der Waals surface area contributed by atoms with Crippen LogP contribution in [-0.2, 0) is 0 Å². The average molecular weight is 315 g/mol. The van der Waals surface area contributed by atoms with E-state index in [0.29, 0.717) is 11.5 Å². The molecular weight excluding hydrogens is 292 g/mol. The van der Waals surface area contributed by atoms with Gasteiger partial charge in [-0.1, -0.05) is 18.2 Å². The number of aromatic nitrogens is 2. The Hall–Kier alpha value is -2.34. The lowest BCUT2D eigenvalue weighted by Gasteiger charge is -2.32. The molecule has 0 radical (unpaired) electrons. The van der Waals surface area contributed by atoms with Crippen molar-refractivity contribution >= 4 is 5.82 Å². The van der Waals surface area contributed by atoms with Crippen LogP contribution < -0.4 is 21.0 Å². The molecule has 2 heterocycles. The van der Waals surface area contributed by atoms with Crippen LogP contribution in [0.15, 0.2) is 39.9 Å². The number of aryl methyl sites for hydroxylation is 1. The fourth-order valence-electron chi connectivity index (χ4n) is 3.11. The summed E-state index contributed by atoms with van der Waals surface area (Å²) in [5, 5.41) is 0. The minimum absolute atomic E-state index is 0.289. The number of nitrogens with zero attached hydrogens (tertiary/aromatic N) is 2. The summed E-state index contributed by atoms with van der Waals surface area (Å²) in [6.45, 7) is 8.94. The van der Waals surface area contributed by atoms with Gasteiger partial charge in [-0.05, 0) is 25.5 Å². The van der Waals surface area contributed by atoms with Crippen LogP contribution in [0, 0.1) is 6.92 Å². The molecule has 0 saturated carbocycles. The molecule has 122 valence electrons. The van der Waals surface area contributed by atoms with E-state index in [-0.39, 0.29) is 11.2 Å².